The van der Waals surface area contributed by atoms with Crippen molar-refractivity contribution in [3.63, 3.8) is 0 Å². The summed E-state index contributed by atoms with van der Waals surface area (Å²) in [5, 5.41) is 0. The summed E-state index contributed by atoms with van der Waals surface area (Å²) in [5.74, 6) is 1.45. The first kappa shape index (κ1) is 15.3. The van der Waals surface area contributed by atoms with Crippen LogP contribution in [0.4, 0.5) is 0 Å². The first-order valence-corrected chi connectivity index (χ1v) is 7.59. The Morgan fingerprint density at radius 1 is 1.30 bits per heavy atom. The van der Waals surface area contributed by atoms with Crippen LogP contribution >= 0.6 is 0 Å². The third kappa shape index (κ3) is 2.84. The average molecular weight is 276 g/mol. The highest BCUT2D eigenvalue weighted by molar-refractivity contribution is 5.42. The molecule has 112 valence electrons. The molecule has 1 fully saturated rings. The molecule has 1 aromatic rings. The maximum Gasteiger partial charge on any atom is 0.122 e. The van der Waals surface area contributed by atoms with Gasteiger partial charge in [-0.3, -0.25) is 0 Å². The Balaban J connectivity index is 2.37. The highest BCUT2D eigenvalue weighted by Gasteiger charge is 2.34. The van der Waals surface area contributed by atoms with Crippen molar-refractivity contribution >= 4 is 0 Å². The minimum atomic E-state index is 0.141. The summed E-state index contributed by atoms with van der Waals surface area (Å²) in [7, 11) is 3.93. The van der Waals surface area contributed by atoms with E-state index in [1.807, 2.05) is 0 Å². The summed E-state index contributed by atoms with van der Waals surface area (Å²) in [5.41, 5.74) is 8.98. The molecule has 1 saturated heterocycles. The third-order valence-corrected chi connectivity index (χ3v) is 4.80. The zero-order chi connectivity index (χ0) is 14.8. The van der Waals surface area contributed by atoms with Crippen LogP contribution in [0.1, 0.15) is 43.7 Å². The summed E-state index contributed by atoms with van der Waals surface area (Å²) in [6.45, 7) is 7.40. The van der Waals surface area contributed by atoms with Gasteiger partial charge >= 0.3 is 0 Å². The van der Waals surface area contributed by atoms with E-state index in [1.54, 1.807) is 7.11 Å². The number of hydrogen-bond donors (Lipinski definition) is 1. The van der Waals surface area contributed by atoms with E-state index < -0.39 is 0 Å². The van der Waals surface area contributed by atoms with Gasteiger partial charge in [0.2, 0.25) is 0 Å². The molecule has 1 aromatic carbocycles. The van der Waals surface area contributed by atoms with E-state index in [-0.39, 0.29) is 5.41 Å². The van der Waals surface area contributed by atoms with Gasteiger partial charge in [-0.25, -0.2) is 0 Å². The molecule has 3 nitrogen and oxygen atoms in total. The van der Waals surface area contributed by atoms with Crippen molar-refractivity contribution in [1.82, 2.24) is 4.90 Å². The minimum Gasteiger partial charge on any atom is -0.496 e. The van der Waals surface area contributed by atoms with Crippen LogP contribution in [0.5, 0.6) is 5.75 Å². The van der Waals surface area contributed by atoms with Crippen molar-refractivity contribution in [2.75, 3.05) is 33.8 Å². The van der Waals surface area contributed by atoms with Crippen molar-refractivity contribution in [1.29, 1.82) is 0 Å². The molecule has 0 radical (unpaired) electrons. The summed E-state index contributed by atoms with van der Waals surface area (Å²) >= 11 is 0. The molecule has 0 aromatic heterocycles. The van der Waals surface area contributed by atoms with E-state index >= 15 is 0 Å². The van der Waals surface area contributed by atoms with Gasteiger partial charge in [0.25, 0.3) is 0 Å². The largest absolute Gasteiger partial charge is 0.496 e. The van der Waals surface area contributed by atoms with Crippen molar-refractivity contribution in [3.05, 3.63) is 29.3 Å². The highest BCUT2D eigenvalue weighted by Crippen LogP contribution is 2.38. The van der Waals surface area contributed by atoms with Gasteiger partial charge in [0.05, 0.1) is 7.11 Å². The zero-order valence-corrected chi connectivity index (χ0v) is 13.3. The minimum absolute atomic E-state index is 0.141. The lowest BCUT2D eigenvalue weighted by molar-refractivity contribution is 0.191. The zero-order valence-electron chi connectivity index (χ0n) is 13.3. The molecule has 0 amide bonds. The number of piperidine rings is 1. The van der Waals surface area contributed by atoms with Gasteiger partial charge in [-0.1, -0.05) is 26.0 Å². The Morgan fingerprint density at radius 3 is 2.45 bits per heavy atom. The molecule has 3 heteroatoms. The van der Waals surface area contributed by atoms with Crippen LogP contribution in [0.25, 0.3) is 0 Å². The van der Waals surface area contributed by atoms with Gasteiger partial charge in [0.1, 0.15) is 5.75 Å². The first-order valence-electron chi connectivity index (χ1n) is 7.59. The molecular weight excluding hydrogens is 248 g/mol. The lowest BCUT2D eigenvalue weighted by atomic mass is 9.72. The summed E-state index contributed by atoms with van der Waals surface area (Å²) in [6.07, 6.45) is 2.29. The van der Waals surface area contributed by atoms with Crippen LogP contribution in [0.3, 0.4) is 0 Å². The van der Waals surface area contributed by atoms with Gasteiger partial charge in [0.15, 0.2) is 0 Å². The number of methoxy groups -OCH3 is 1. The second kappa shape index (κ2) is 6.15. The van der Waals surface area contributed by atoms with E-state index in [2.05, 4.69) is 44.0 Å². The summed E-state index contributed by atoms with van der Waals surface area (Å²) in [6, 6.07) is 6.64. The van der Waals surface area contributed by atoms with E-state index in [0.717, 1.165) is 38.2 Å². The molecule has 1 heterocycles. The molecule has 2 N–H and O–H groups in total. The smallest absolute Gasteiger partial charge is 0.122 e. The number of ether oxygens (including phenoxy) is 1. The Labute approximate surface area is 123 Å². The number of hydrogen-bond acceptors (Lipinski definition) is 3. The number of nitrogens with two attached hydrogens (primary N) is 1. The second-order valence-corrected chi connectivity index (χ2v) is 6.40. The van der Waals surface area contributed by atoms with Crippen molar-refractivity contribution in [3.8, 4) is 5.75 Å². The quantitative estimate of drug-likeness (QED) is 0.919. The summed E-state index contributed by atoms with van der Waals surface area (Å²) in [4.78, 5) is 2.39. The molecule has 0 unspecified atom stereocenters. The second-order valence-electron chi connectivity index (χ2n) is 6.40. The van der Waals surface area contributed by atoms with E-state index in [0.29, 0.717) is 5.92 Å². The molecule has 1 aliphatic rings. The number of rotatable bonds is 4. The lowest BCUT2D eigenvalue weighted by Gasteiger charge is -2.40. The van der Waals surface area contributed by atoms with Crippen LogP contribution in [-0.2, 0) is 5.41 Å². The molecule has 0 spiro atoms. The van der Waals surface area contributed by atoms with E-state index in [9.17, 15) is 0 Å². The van der Waals surface area contributed by atoms with Gasteiger partial charge in [-0.05, 0) is 56.1 Å². The van der Waals surface area contributed by atoms with Crippen molar-refractivity contribution in [2.45, 2.75) is 38.0 Å². The molecule has 20 heavy (non-hydrogen) atoms. The lowest BCUT2D eigenvalue weighted by Crippen LogP contribution is -2.45. The van der Waals surface area contributed by atoms with E-state index in [4.69, 9.17) is 10.5 Å². The Morgan fingerprint density at radius 2 is 1.95 bits per heavy atom. The predicted molar refractivity (Wildman–Crippen MR) is 84.5 cm³/mol. The Hall–Kier alpha value is -1.06. The normalized spacial score (nSPS) is 19.3. The topological polar surface area (TPSA) is 38.5 Å². The molecule has 2 rings (SSSR count). The van der Waals surface area contributed by atoms with Gasteiger partial charge in [-0.15, -0.1) is 0 Å². The van der Waals surface area contributed by atoms with Gasteiger partial charge in [0, 0.05) is 12.0 Å². The fourth-order valence-electron chi connectivity index (χ4n) is 3.17. The molecule has 0 bridgehead atoms. The van der Waals surface area contributed by atoms with Crippen LogP contribution in [-0.4, -0.2) is 38.7 Å². The van der Waals surface area contributed by atoms with Crippen LogP contribution in [0.2, 0.25) is 0 Å². The molecule has 0 saturated carbocycles. The summed E-state index contributed by atoms with van der Waals surface area (Å²) < 4.78 is 5.49. The van der Waals surface area contributed by atoms with Crippen LogP contribution in [0.15, 0.2) is 18.2 Å². The average Bonchev–Trinajstić information content (AvgIpc) is 2.47. The maximum absolute atomic E-state index is 6.16. The number of likely N-dealkylation sites (tertiary alicyclic amines) is 1. The standard InChI is InChI=1S/C17H28N2O/c1-13(2)15-11-14(5-6-16(15)20-4)17(12-18)7-9-19(3)10-8-17/h5-6,11,13H,7-10,12,18H2,1-4H3. The predicted octanol–water partition coefficient (Wildman–Crippen LogP) is 2.74. The maximum atomic E-state index is 6.16. The van der Waals surface area contributed by atoms with Crippen molar-refractivity contribution in [2.24, 2.45) is 5.73 Å². The molecule has 1 aliphatic heterocycles. The monoisotopic (exact) mass is 276 g/mol. The third-order valence-electron chi connectivity index (χ3n) is 4.80. The molecule has 0 atom stereocenters. The SMILES string of the molecule is COc1ccc(C2(CN)CCN(C)CC2)cc1C(C)C. The van der Waals surface area contributed by atoms with E-state index in [1.165, 1.54) is 11.1 Å². The van der Waals surface area contributed by atoms with Crippen molar-refractivity contribution < 1.29 is 4.74 Å². The van der Waals surface area contributed by atoms with Gasteiger partial charge in [-0.2, -0.15) is 0 Å². The Bertz CT molecular complexity index is 448. The molecular formula is C17H28N2O. The number of nitrogens with zero attached hydrogens (tertiary/aromatic N) is 1. The van der Waals surface area contributed by atoms with Crippen LogP contribution in [0, 0.1) is 0 Å². The fraction of sp³-hybridized carbons (Fsp3) is 0.647. The Kier molecular flexibility index (Phi) is 4.71. The first-order chi connectivity index (χ1) is 9.52. The fourth-order valence-corrected chi connectivity index (χ4v) is 3.17. The highest BCUT2D eigenvalue weighted by atomic mass is 16.5. The molecule has 0 aliphatic carbocycles. The van der Waals surface area contributed by atoms with Gasteiger partial charge < -0.3 is 15.4 Å². The number of benzene rings is 1. The van der Waals surface area contributed by atoms with Crippen LogP contribution < -0.4 is 10.5 Å².